The molecule has 2 aromatic carbocycles. The second-order valence-electron chi connectivity index (χ2n) is 7.32. The highest BCUT2D eigenvalue weighted by molar-refractivity contribution is 6.06. The largest absolute Gasteiger partial charge is 0.366 e. The van der Waals surface area contributed by atoms with Crippen LogP contribution in [0.2, 0.25) is 0 Å². The van der Waals surface area contributed by atoms with Gasteiger partial charge in [0, 0.05) is 24.3 Å². The molecule has 3 aromatic rings. The van der Waals surface area contributed by atoms with Crippen LogP contribution in [0.3, 0.4) is 0 Å². The Balaban J connectivity index is 1.59. The molecule has 5 nitrogen and oxygen atoms in total. The fraction of sp³-hybridized carbons (Fsp3) is 0.261. The number of anilines is 2. The summed E-state index contributed by atoms with van der Waals surface area (Å²) in [6.45, 7) is 6.63. The Morgan fingerprint density at radius 3 is 2.68 bits per heavy atom. The molecule has 2 heterocycles. The zero-order chi connectivity index (χ0) is 19.7. The van der Waals surface area contributed by atoms with Gasteiger partial charge in [-0.15, -0.1) is 0 Å². The Kier molecular flexibility index (Phi) is 4.82. The summed E-state index contributed by atoms with van der Waals surface area (Å²) < 4.78 is 0. The number of para-hydroxylation sites is 1. The number of fused-ring (bicyclic) bond motifs is 1. The van der Waals surface area contributed by atoms with E-state index in [1.165, 1.54) is 16.7 Å². The molecule has 5 heteroatoms. The standard InChI is InChI=1S/C23H24N4O/c1-15-8-4-5-10-19(15)14-24-22-13-20(25-17(3)26-22)23(28)27-16(2)12-18-9-6-7-11-21(18)27/h4-11,13,16H,12,14H2,1-3H3,(H,24,25,26). The number of carbonyl (C=O) groups is 1. The van der Waals surface area contributed by atoms with E-state index in [4.69, 9.17) is 0 Å². The van der Waals surface area contributed by atoms with Crippen LogP contribution in [0, 0.1) is 13.8 Å². The van der Waals surface area contributed by atoms with Crippen LogP contribution >= 0.6 is 0 Å². The quantitative estimate of drug-likeness (QED) is 0.742. The number of rotatable bonds is 4. The van der Waals surface area contributed by atoms with E-state index >= 15 is 0 Å². The lowest BCUT2D eigenvalue weighted by molar-refractivity contribution is 0.0976. The van der Waals surface area contributed by atoms with Gasteiger partial charge in [-0.05, 0) is 49.9 Å². The van der Waals surface area contributed by atoms with Gasteiger partial charge in [0.05, 0.1) is 0 Å². The fourth-order valence-corrected chi connectivity index (χ4v) is 3.76. The van der Waals surface area contributed by atoms with Crippen LogP contribution in [0.5, 0.6) is 0 Å². The van der Waals surface area contributed by atoms with Crippen molar-refractivity contribution in [2.45, 2.75) is 39.8 Å². The maximum absolute atomic E-state index is 13.3. The number of nitrogens with zero attached hydrogens (tertiary/aromatic N) is 3. The predicted octanol–water partition coefficient (Wildman–Crippen LogP) is 4.30. The van der Waals surface area contributed by atoms with Crippen molar-refractivity contribution in [3.63, 3.8) is 0 Å². The van der Waals surface area contributed by atoms with Crippen LogP contribution in [0.1, 0.15) is 39.9 Å². The van der Waals surface area contributed by atoms with E-state index < -0.39 is 0 Å². The first kappa shape index (κ1) is 18.2. The summed E-state index contributed by atoms with van der Waals surface area (Å²) in [7, 11) is 0. The number of carbonyl (C=O) groups excluding carboxylic acids is 1. The Morgan fingerprint density at radius 1 is 1.11 bits per heavy atom. The van der Waals surface area contributed by atoms with E-state index in [0.29, 0.717) is 23.9 Å². The van der Waals surface area contributed by atoms with Crippen LogP contribution in [-0.2, 0) is 13.0 Å². The van der Waals surface area contributed by atoms with Gasteiger partial charge in [0.2, 0.25) is 0 Å². The molecule has 1 atom stereocenters. The smallest absolute Gasteiger partial charge is 0.277 e. The zero-order valence-corrected chi connectivity index (χ0v) is 16.4. The summed E-state index contributed by atoms with van der Waals surface area (Å²) in [6, 6.07) is 18.2. The maximum Gasteiger partial charge on any atom is 0.277 e. The van der Waals surface area contributed by atoms with E-state index in [2.05, 4.69) is 47.3 Å². The molecule has 1 N–H and O–H groups in total. The number of nitrogens with one attached hydrogen (secondary N) is 1. The molecule has 0 radical (unpaired) electrons. The second-order valence-corrected chi connectivity index (χ2v) is 7.32. The summed E-state index contributed by atoms with van der Waals surface area (Å²) in [6.07, 6.45) is 0.865. The molecule has 0 fully saturated rings. The average molecular weight is 372 g/mol. The van der Waals surface area contributed by atoms with Crippen LogP contribution in [0.25, 0.3) is 0 Å². The van der Waals surface area contributed by atoms with Crippen molar-refractivity contribution in [2.75, 3.05) is 10.2 Å². The molecule has 28 heavy (non-hydrogen) atoms. The Bertz CT molecular complexity index is 1030. The molecule has 0 spiro atoms. The van der Waals surface area contributed by atoms with Crippen molar-refractivity contribution in [1.29, 1.82) is 0 Å². The molecular weight excluding hydrogens is 348 g/mol. The van der Waals surface area contributed by atoms with Crippen LogP contribution in [0.15, 0.2) is 54.6 Å². The van der Waals surface area contributed by atoms with Gasteiger partial charge in [-0.25, -0.2) is 9.97 Å². The fourth-order valence-electron chi connectivity index (χ4n) is 3.76. The highest BCUT2D eigenvalue weighted by Crippen LogP contribution is 2.33. The van der Waals surface area contributed by atoms with Gasteiger partial charge in [-0.1, -0.05) is 42.5 Å². The average Bonchev–Trinajstić information content (AvgIpc) is 3.02. The Morgan fingerprint density at radius 2 is 1.86 bits per heavy atom. The number of hydrogen-bond acceptors (Lipinski definition) is 4. The molecule has 1 aliphatic rings. The van der Waals surface area contributed by atoms with Crippen LogP contribution < -0.4 is 10.2 Å². The van der Waals surface area contributed by atoms with Crippen molar-refractivity contribution in [3.8, 4) is 0 Å². The zero-order valence-electron chi connectivity index (χ0n) is 16.4. The molecule has 1 aliphatic heterocycles. The number of aromatic nitrogens is 2. The van der Waals surface area contributed by atoms with Gasteiger partial charge in [-0.3, -0.25) is 4.79 Å². The highest BCUT2D eigenvalue weighted by Gasteiger charge is 2.32. The lowest BCUT2D eigenvalue weighted by Crippen LogP contribution is -2.36. The van der Waals surface area contributed by atoms with Gasteiger partial charge < -0.3 is 10.2 Å². The first-order valence-electron chi connectivity index (χ1n) is 9.58. The van der Waals surface area contributed by atoms with Crippen molar-refractivity contribution in [2.24, 2.45) is 0 Å². The monoisotopic (exact) mass is 372 g/mol. The normalized spacial score (nSPS) is 15.4. The van der Waals surface area contributed by atoms with Crippen LogP contribution in [-0.4, -0.2) is 21.9 Å². The maximum atomic E-state index is 13.3. The third kappa shape index (κ3) is 3.48. The molecular formula is C23H24N4O. The SMILES string of the molecule is Cc1nc(NCc2ccccc2C)cc(C(=O)N2c3ccccc3CC2C)n1. The minimum Gasteiger partial charge on any atom is -0.366 e. The number of amides is 1. The first-order valence-corrected chi connectivity index (χ1v) is 9.58. The lowest BCUT2D eigenvalue weighted by atomic mass is 10.1. The van der Waals surface area contributed by atoms with E-state index in [1.807, 2.05) is 42.2 Å². The van der Waals surface area contributed by atoms with Gasteiger partial charge in [0.15, 0.2) is 0 Å². The summed E-state index contributed by atoms with van der Waals surface area (Å²) in [5.74, 6) is 1.17. The molecule has 142 valence electrons. The van der Waals surface area contributed by atoms with Crippen molar-refractivity contribution >= 4 is 17.4 Å². The molecule has 0 saturated carbocycles. The van der Waals surface area contributed by atoms with E-state index in [-0.39, 0.29) is 11.9 Å². The topological polar surface area (TPSA) is 58.1 Å². The molecule has 0 aliphatic carbocycles. The molecule has 1 aromatic heterocycles. The van der Waals surface area contributed by atoms with Crippen molar-refractivity contribution in [1.82, 2.24) is 9.97 Å². The Labute approximate surface area is 165 Å². The summed E-state index contributed by atoms with van der Waals surface area (Å²) in [5.41, 5.74) is 5.02. The minimum atomic E-state index is -0.0816. The predicted molar refractivity (Wildman–Crippen MR) is 112 cm³/mol. The van der Waals surface area contributed by atoms with Gasteiger partial charge in [0.1, 0.15) is 17.3 Å². The van der Waals surface area contributed by atoms with Crippen molar-refractivity contribution in [3.05, 3.63) is 82.8 Å². The van der Waals surface area contributed by atoms with E-state index in [0.717, 1.165) is 12.1 Å². The summed E-state index contributed by atoms with van der Waals surface area (Å²) in [5, 5.41) is 3.34. The molecule has 0 saturated heterocycles. The molecule has 0 bridgehead atoms. The van der Waals surface area contributed by atoms with E-state index in [1.54, 1.807) is 6.07 Å². The second kappa shape index (κ2) is 7.43. The molecule has 1 unspecified atom stereocenters. The number of hydrogen-bond donors (Lipinski definition) is 1. The third-order valence-corrected chi connectivity index (χ3v) is 5.20. The van der Waals surface area contributed by atoms with Gasteiger partial charge >= 0.3 is 0 Å². The van der Waals surface area contributed by atoms with E-state index in [9.17, 15) is 4.79 Å². The van der Waals surface area contributed by atoms with Crippen molar-refractivity contribution < 1.29 is 4.79 Å². The number of benzene rings is 2. The first-order chi connectivity index (χ1) is 13.5. The molecule has 4 rings (SSSR count). The lowest BCUT2D eigenvalue weighted by Gasteiger charge is -2.22. The summed E-state index contributed by atoms with van der Waals surface area (Å²) >= 11 is 0. The molecule has 1 amide bonds. The van der Waals surface area contributed by atoms with Gasteiger partial charge in [-0.2, -0.15) is 0 Å². The summed E-state index contributed by atoms with van der Waals surface area (Å²) in [4.78, 5) is 24.0. The highest BCUT2D eigenvalue weighted by atomic mass is 16.2. The number of aryl methyl sites for hydroxylation is 2. The van der Waals surface area contributed by atoms with Crippen LogP contribution in [0.4, 0.5) is 11.5 Å². The minimum absolute atomic E-state index is 0.0816. The Hall–Kier alpha value is -3.21. The third-order valence-electron chi connectivity index (χ3n) is 5.20. The van der Waals surface area contributed by atoms with Gasteiger partial charge in [0.25, 0.3) is 5.91 Å².